The third-order valence-corrected chi connectivity index (χ3v) is 4.55. The lowest BCUT2D eigenvalue weighted by atomic mass is 10.2. The highest BCUT2D eigenvalue weighted by atomic mass is 32.1. The zero-order valence-corrected chi connectivity index (χ0v) is 13.1. The van der Waals surface area contributed by atoms with Crippen LogP contribution in [0, 0.1) is 11.6 Å². The summed E-state index contributed by atoms with van der Waals surface area (Å²) >= 11 is 1.29. The summed E-state index contributed by atoms with van der Waals surface area (Å²) < 4.78 is 28.8. The standard InChI is InChI=1S/C15H11F2N5S/c1-18-13-10-12(22(2)6-19-10)11-15(21-13)23-14(20-11)7-3-8(16)5-9(17)4-7/h3-6H,1-2H3,(H,18,21). The number of hydrogen-bond donors (Lipinski definition) is 1. The van der Waals surface area contributed by atoms with Crippen molar-refractivity contribution in [3.8, 4) is 10.6 Å². The number of thiazole rings is 1. The maximum Gasteiger partial charge on any atom is 0.155 e. The zero-order valence-electron chi connectivity index (χ0n) is 12.3. The second-order valence-electron chi connectivity index (χ2n) is 5.09. The number of pyridine rings is 1. The van der Waals surface area contributed by atoms with Gasteiger partial charge in [0.05, 0.1) is 6.33 Å². The van der Waals surface area contributed by atoms with Crippen LogP contribution in [0.2, 0.25) is 0 Å². The van der Waals surface area contributed by atoms with E-state index in [-0.39, 0.29) is 0 Å². The first kappa shape index (κ1) is 14.0. The van der Waals surface area contributed by atoms with Gasteiger partial charge in [0, 0.05) is 25.7 Å². The normalized spacial score (nSPS) is 11.5. The maximum atomic E-state index is 13.5. The van der Waals surface area contributed by atoms with Crippen LogP contribution in [-0.2, 0) is 7.05 Å². The molecule has 0 amide bonds. The molecule has 0 radical (unpaired) electrons. The Morgan fingerprint density at radius 3 is 2.52 bits per heavy atom. The van der Waals surface area contributed by atoms with Crippen LogP contribution in [0.3, 0.4) is 0 Å². The SMILES string of the molecule is CNc1nc2sc(-c3cc(F)cc(F)c3)nc2c2c1ncn2C. The molecule has 0 atom stereocenters. The number of benzene rings is 1. The van der Waals surface area contributed by atoms with Crippen LogP contribution in [0.4, 0.5) is 14.6 Å². The summed E-state index contributed by atoms with van der Waals surface area (Å²) in [6, 6.07) is 3.37. The molecule has 0 aliphatic carbocycles. The van der Waals surface area contributed by atoms with E-state index in [2.05, 4.69) is 20.3 Å². The van der Waals surface area contributed by atoms with Crippen LogP contribution in [0.1, 0.15) is 0 Å². The van der Waals surface area contributed by atoms with Gasteiger partial charge in [0.25, 0.3) is 0 Å². The van der Waals surface area contributed by atoms with Crippen LogP contribution in [0.25, 0.3) is 32.0 Å². The van der Waals surface area contributed by atoms with Gasteiger partial charge in [0.2, 0.25) is 0 Å². The number of fused-ring (bicyclic) bond motifs is 3. The van der Waals surface area contributed by atoms with E-state index in [1.54, 1.807) is 13.4 Å². The van der Waals surface area contributed by atoms with Gasteiger partial charge >= 0.3 is 0 Å². The largest absolute Gasteiger partial charge is 0.371 e. The fraction of sp³-hybridized carbons (Fsp3) is 0.133. The lowest BCUT2D eigenvalue weighted by Crippen LogP contribution is -1.95. The lowest BCUT2D eigenvalue weighted by molar-refractivity contribution is 0.584. The molecule has 3 aromatic heterocycles. The van der Waals surface area contributed by atoms with Crippen LogP contribution < -0.4 is 5.32 Å². The van der Waals surface area contributed by atoms with E-state index >= 15 is 0 Å². The van der Waals surface area contributed by atoms with Gasteiger partial charge in [-0.1, -0.05) is 11.3 Å². The Morgan fingerprint density at radius 2 is 1.83 bits per heavy atom. The summed E-state index contributed by atoms with van der Waals surface area (Å²) in [6.45, 7) is 0. The molecule has 4 rings (SSSR count). The number of aryl methyl sites for hydroxylation is 1. The molecule has 0 aliphatic heterocycles. The number of imidazole rings is 1. The highest BCUT2D eigenvalue weighted by Gasteiger charge is 2.17. The smallest absolute Gasteiger partial charge is 0.155 e. The lowest BCUT2D eigenvalue weighted by Gasteiger charge is -2.01. The number of nitrogens with zero attached hydrogens (tertiary/aromatic N) is 4. The molecular weight excluding hydrogens is 320 g/mol. The Balaban J connectivity index is 2.04. The molecule has 5 nitrogen and oxygen atoms in total. The Kier molecular flexibility index (Phi) is 3.02. The fourth-order valence-corrected chi connectivity index (χ4v) is 3.49. The first-order chi connectivity index (χ1) is 11.1. The Bertz CT molecular complexity index is 1030. The summed E-state index contributed by atoms with van der Waals surface area (Å²) in [6.07, 6.45) is 1.69. The number of rotatable bonds is 2. The number of hydrogen-bond acceptors (Lipinski definition) is 5. The van der Waals surface area contributed by atoms with E-state index in [0.29, 0.717) is 32.3 Å². The second kappa shape index (κ2) is 4.95. The van der Waals surface area contributed by atoms with Gasteiger partial charge in [-0.15, -0.1) is 0 Å². The Morgan fingerprint density at radius 1 is 1.09 bits per heavy atom. The molecule has 0 saturated heterocycles. The van der Waals surface area contributed by atoms with Crippen molar-refractivity contribution in [2.45, 2.75) is 0 Å². The highest BCUT2D eigenvalue weighted by Crippen LogP contribution is 2.35. The minimum absolute atomic E-state index is 0.395. The molecule has 1 aromatic carbocycles. The summed E-state index contributed by atoms with van der Waals surface area (Å²) in [7, 11) is 3.64. The first-order valence-corrected chi connectivity index (χ1v) is 7.64. The minimum atomic E-state index is -0.631. The zero-order chi connectivity index (χ0) is 16.1. The summed E-state index contributed by atoms with van der Waals surface area (Å²) in [4.78, 5) is 14.1. The number of nitrogens with one attached hydrogen (secondary N) is 1. The summed E-state index contributed by atoms with van der Waals surface area (Å²) in [5, 5.41) is 3.53. The average Bonchev–Trinajstić information content (AvgIpc) is 3.09. The average molecular weight is 331 g/mol. The molecule has 0 unspecified atom stereocenters. The fourth-order valence-electron chi connectivity index (χ4n) is 2.55. The number of anilines is 1. The molecule has 4 aromatic rings. The van der Waals surface area contributed by atoms with Crippen molar-refractivity contribution in [2.75, 3.05) is 12.4 Å². The molecule has 23 heavy (non-hydrogen) atoms. The number of halogens is 2. The van der Waals surface area contributed by atoms with E-state index in [4.69, 9.17) is 0 Å². The van der Waals surface area contributed by atoms with E-state index in [9.17, 15) is 8.78 Å². The molecule has 0 spiro atoms. The van der Waals surface area contributed by atoms with Gasteiger partial charge < -0.3 is 9.88 Å². The van der Waals surface area contributed by atoms with E-state index < -0.39 is 11.6 Å². The molecule has 0 bridgehead atoms. The van der Waals surface area contributed by atoms with E-state index in [1.807, 2.05) is 11.6 Å². The predicted molar refractivity (Wildman–Crippen MR) is 86.6 cm³/mol. The van der Waals surface area contributed by atoms with Crippen molar-refractivity contribution in [3.05, 3.63) is 36.2 Å². The monoisotopic (exact) mass is 331 g/mol. The second-order valence-corrected chi connectivity index (χ2v) is 6.07. The minimum Gasteiger partial charge on any atom is -0.371 e. The highest BCUT2D eigenvalue weighted by molar-refractivity contribution is 7.21. The molecule has 8 heteroatoms. The quantitative estimate of drug-likeness (QED) is 0.610. The van der Waals surface area contributed by atoms with Crippen molar-refractivity contribution in [3.63, 3.8) is 0 Å². The molecule has 116 valence electrons. The molecule has 0 aliphatic rings. The van der Waals surface area contributed by atoms with Crippen molar-refractivity contribution >= 4 is 38.5 Å². The predicted octanol–water partition coefficient (Wildman–Crippen LogP) is 3.56. The number of aromatic nitrogens is 4. The summed E-state index contributed by atoms with van der Waals surface area (Å²) in [5.41, 5.74) is 2.61. The Hall–Kier alpha value is -2.61. The van der Waals surface area contributed by atoms with Gasteiger partial charge in [0.15, 0.2) is 5.82 Å². The van der Waals surface area contributed by atoms with Crippen molar-refractivity contribution in [1.82, 2.24) is 19.5 Å². The van der Waals surface area contributed by atoms with Gasteiger partial charge in [-0.25, -0.2) is 23.7 Å². The van der Waals surface area contributed by atoms with Gasteiger partial charge in [-0.05, 0) is 12.1 Å². The third kappa shape index (κ3) is 2.14. The van der Waals surface area contributed by atoms with E-state index in [1.165, 1.54) is 23.5 Å². The third-order valence-electron chi connectivity index (χ3n) is 3.55. The molecule has 3 heterocycles. The van der Waals surface area contributed by atoms with Gasteiger partial charge in [0.1, 0.15) is 38.0 Å². The van der Waals surface area contributed by atoms with Gasteiger partial charge in [-0.2, -0.15) is 0 Å². The summed E-state index contributed by atoms with van der Waals surface area (Å²) in [5.74, 6) is -0.614. The molecule has 0 fully saturated rings. The topological polar surface area (TPSA) is 55.6 Å². The van der Waals surface area contributed by atoms with Crippen LogP contribution in [0.15, 0.2) is 24.5 Å². The molecule has 0 saturated carbocycles. The molecular formula is C15H11F2N5S. The van der Waals surface area contributed by atoms with Crippen LogP contribution in [-0.4, -0.2) is 26.6 Å². The van der Waals surface area contributed by atoms with Gasteiger partial charge in [-0.3, -0.25) is 0 Å². The van der Waals surface area contributed by atoms with Crippen molar-refractivity contribution in [2.24, 2.45) is 7.05 Å². The van der Waals surface area contributed by atoms with Crippen molar-refractivity contribution < 1.29 is 8.78 Å². The molecule has 1 N–H and O–H groups in total. The first-order valence-electron chi connectivity index (χ1n) is 6.82. The van der Waals surface area contributed by atoms with Crippen LogP contribution in [0.5, 0.6) is 0 Å². The van der Waals surface area contributed by atoms with Crippen molar-refractivity contribution in [1.29, 1.82) is 0 Å². The van der Waals surface area contributed by atoms with Crippen LogP contribution >= 0.6 is 11.3 Å². The Labute approximate surface area is 133 Å². The maximum absolute atomic E-state index is 13.5. The van der Waals surface area contributed by atoms with E-state index in [0.717, 1.165) is 11.6 Å².